The van der Waals surface area contributed by atoms with Crippen LogP contribution in [0.25, 0.3) is 10.9 Å². The first kappa shape index (κ1) is 15.1. The number of aliphatic carboxylic acids is 1. The van der Waals surface area contributed by atoms with Gasteiger partial charge in [-0.3, -0.25) is 9.59 Å². The average molecular weight is 288 g/mol. The Hall–Kier alpha value is -2.30. The van der Waals surface area contributed by atoms with Crippen LogP contribution in [0.1, 0.15) is 37.0 Å². The number of hydrogen-bond acceptors (Lipinski definition) is 2. The molecular weight excluding hydrogens is 268 g/mol. The summed E-state index contributed by atoms with van der Waals surface area (Å²) in [5.74, 6) is -0.889. The van der Waals surface area contributed by atoms with Crippen molar-refractivity contribution in [3.63, 3.8) is 0 Å². The number of hydrogen-bond donors (Lipinski definition) is 2. The van der Waals surface area contributed by atoms with Gasteiger partial charge < -0.3 is 15.0 Å². The van der Waals surface area contributed by atoms with Gasteiger partial charge in [0.05, 0.1) is 0 Å². The molecular formula is C16H20N2O3. The monoisotopic (exact) mass is 288 g/mol. The van der Waals surface area contributed by atoms with Crippen LogP contribution >= 0.6 is 0 Å². The van der Waals surface area contributed by atoms with Crippen molar-refractivity contribution in [2.24, 2.45) is 0 Å². The second kappa shape index (κ2) is 6.43. The van der Waals surface area contributed by atoms with Gasteiger partial charge in [-0.2, -0.15) is 0 Å². The molecule has 1 heterocycles. The van der Waals surface area contributed by atoms with E-state index in [4.69, 9.17) is 5.11 Å². The number of nitrogens with zero attached hydrogens (tertiary/aromatic N) is 1. The fourth-order valence-electron chi connectivity index (χ4n) is 2.42. The summed E-state index contributed by atoms with van der Waals surface area (Å²) in [7, 11) is 0. The first-order chi connectivity index (χ1) is 10.0. The Balaban J connectivity index is 2.22. The molecule has 1 aromatic carbocycles. The highest BCUT2D eigenvalue weighted by atomic mass is 16.4. The van der Waals surface area contributed by atoms with Crippen LogP contribution in [-0.2, 0) is 4.79 Å². The smallest absolute Gasteiger partial charge is 0.303 e. The van der Waals surface area contributed by atoms with Gasteiger partial charge in [0.2, 0.25) is 0 Å². The highest BCUT2D eigenvalue weighted by Crippen LogP contribution is 2.20. The van der Waals surface area contributed by atoms with Crippen molar-refractivity contribution in [3.8, 4) is 0 Å². The molecule has 0 bridgehead atoms. The van der Waals surface area contributed by atoms with Crippen LogP contribution in [0.4, 0.5) is 0 Å². The molecule has 2 aromatic rings. The number of amides is 1. The predicted octanol–water partition coefficient (Wildman–Crippen LogP) is 2.88. The zero-order chi connectivity index (χ0) is 15.4. The number of carbonyl (C=O) groups excluding carboxylic acids is 1. The second-order valence-electron chi connectivity index (χ2n) is 5.33. The fourth-order valence-corrected chi connectivity index (χ4v) is 2.42. The van der Waals surface area contributed by atoms with Crippen LogP contribution in [0.3, 0.4) is 0 Å². The highest BCUT2D eigenvalue weighted by molar-refractivity contribution is 6.06. The molecule has 2 rings (SSSR count). The SMILES string of the molecule is CC(C)N(CCCC(=O)O)C(=O)c1cccc2[nH]ccc12. The fraction of sp³-hybridized carbons (Fsp3) is 0.375. The van der Waals surface area contributed by atoms with E-state index in [-0.39, 0.29) is 18.4 Å². The number of carbonyl (C=O) groups is 2. The molecule has 5 nitrogen and oxygen atoms in total. The van der Waals surface area contributed by atoms with E-state index in [2.05, 4.69) is 4.98 Å². The first-order valence-corrected chi connectivity index (χ1v) is 7.09. The molecule has 1 aromatic heterocycles. The maximum atomic E-state index is 12.7. The van der Waals surface area contributed by atoms with Crippen molar-refractivity contribution in [2.45, 2.75) is 32.7 Å². The first-order valence-electron chi connectivity index (χ1n) is 7.09. The Morgan fingerprint density at radius 3 is 2.71 bits per heavy atom. The Morgan fingerprint density at radius 2 is 2.05 bits per heavy atom. The van der Waals surface area contributed by atoms with E-state index in [1.807, 2.05) is 44.3 Å². The van der Waals surface area contributed by atoms with Crippen molar-refractivity contribution < 1.29 is 14.7 Å². The van der Waals surface area contributed by atoms with Crippen molar-refractivity contribution in [3.05, 3.63) is 36.0 Å². The second-order valence-corrected chi connectivity index (χ2v) is 5.33. The lowest BCUT2D eigenvalue weighted by Gasteiger charge is -2.27. The van der Waals surface area contributed by atoms with Crippen LogP contribution in [0, 0.1) is 0 Å². The lowest BCUT2D eigenvalue weighted by Crippen LogP contribution is -2.38. The van der Waals surface area contributed by atoms with Crippen molar-refractivity contribution in [1.29, 1.82) is 0 Å². The molecule has 0 fully saturated rings. The van der Waals surface area contributed by atoms with Crippen LogP contribution < -0.4 is 0 Å². The van der Waals surface area contributed by atoms with Gasteiger partial charge in [0, 0.05) is 41.7 Å². The summed E-state index contributed by atoms with van der Waals surface area (Å²) in [4.78, 5) is 28.2. The van der Waals surface area contributed by atoms with Crippen LogP contribution in [-0.4, -0.2) is 39.5 Å². The van der Waals surface area contributed by atoms with Gasteiger partial charge in [-0.05, 0) is 38.5 Å². The quantitative estimate of drug-likeness (QED) is 0.858. The molecule has 0 unspecified atom stereocenters. The maximum absolute atomic E-state index is 12.7. The Kier molecular flexibility index (Phi) is 4.62. The third-order valence-electron chi connectivity index (χ3n) is 3.50. The molecule has 2 N–H and O–H groups in total. The van der Waals surface area contributed by atoms with E-state index in [0.29, 0.717) is 18.5 Å². The van der Waals surface area contributed by atoms with Crippen LogP contribution in [0.5, 0.6) is 0 Å². The Bertz CT molecular complexity index is 646. The average Bonchev–Trinajstić information content (AvgIpc) is 2.90. The lowest BCUT2D eigenvalue weighted by atomic mass is 10.1. The molecule has 112 valence electrons. The number of aromatic amines is 1. The number of aromatic nitrogens is 1. The Morgan fingerprint density at radius 1 is 1.29 bits per heavy atom. The topological polar surface area (TPSA) is 73.4 Å². The minimum absolute atomic E-state index is 0.0282. The Labute approximate surface area is 123 Å². The molecule has 0 atom stereocenters. The van der Waals surface area contributed by atoms with E-state index in [9.17, 15) is 9.59 Å². The largest absolute Gasteiger partial charge is 0.481 e. The number of nitrogens with one attached hydrogen (secondary N) is 1. The molecule has 5 heteroatoms. The van der Waals surface area contributed by atoms with E-state index >= 15 is 0 Å². The summed E-state index contributed by atoms with van der Waals surface area (Å²) in [5.41, 5.74) is 1.58. The van der Waals surface area contributed by atoms with Crippen LogP contribution in [0.2, 0.25) is 0 Å². The molecule has 0 aliphatic rings. The van der Waals surface area contributed by atoms with Gasteiger partial charge in [-0.25, -0.2) is 0 Å². The molecule has 0 aliphatic carbocycles. The molecule has 0 saturated heterocycles. The molecule has 0 radical (unpaired) electrons. The van der Waals surface area contributed by atoms with Gasteiger partial charge in [0.25, 0.3) is 5.91 Å². The zero-order valence-corrected chi connectivity index (χ0v) is 12.3. The molecule has 0 aliphatic heterocycles. The lowest BCUT2D eigenvalue weighted by molar-refractivity contribution is -0.137. The number of carboxylic acids is 1. The van der Waals surface area contributed by atoms with E-state index in [1.165, 1.54) is 0 Å². The summed E-state index contributed by atoms with van der Waals surface area (Å²) in [6.45, 7) is 4.33. The highest BCUT2D eigenvalue weighted by Gasteiger charge is 2.20. The summed E-state index contributed by atoms with van der Waals surface area (Å²) in [5, 5.41) is 9.62. The summed E-state index contributed by atoms with van der Waals surface area (Å²) < 4.78 is 0. The number of H-pyrrole nitrogens is 1. The van der Waals surface area contributed by atoms with Gasteiger partial charge in [-0.15, -0.1) is 0 Å². The third kappa shape index (κ3) is 3.42. The van der Waals surface area contributed by atoms with Gasteiger partial charge >= 0.3 is 5.97 Å². The number of carboxylic acid groups (broad SMARTS) is 1. The van der Waals surface area contributed by atoms with E-state index in [1.54, 1.807) is 4.90 Å². The minimum atomic E-state index is -0.834. The molecule has 1 amide bonds. The minimum Gasteiger partial charge on any atom is -0.481 e. The number of benzene rings is 1. The normalized spacial score (nSPS) is 11.0. The molecule has 0 spiro atoms. The summed E-state index contributed by atoms with van der Waals surface area (Å²) in [6.07, 6.45) is 2.35. The number of rotatable bonds is 6. The van der Waals surface area contributed by atoms with Crippen molar-refractivity contribution >= 4 is 22.8 Å². The van der Waals surface area contributed by atoms with E-state index < -0.39 is 5.97 Å². The van der Waals surface area contributed by atoms with Gasteiger partial charge in [0.1, 0.15) is 0 Å². The van der Waals surface area contributed by atoms with Gasteiger partial charge in [0.15, 0.2) is 0 Å². The third-order valence-corrected chi connectivity index (χ3v) is 3.50. The zero-order valence-electron chi connectivity index (χ0n) is 12.3. The standard InChI is InChI=1S/C16H20N2O3/c1-11(2)18(10-4-7-15(19)20)16(21)13-5-3-6-14-12(13)8-9-17-14/h3,5-6,8-9,11,17H,4,7,10H2,1-2H3,(H,19,20). The maximum Gasteiger partial charge on any atom is 0.303 e. The summed E-state index contributed by atoms with van der Waals surface area (Å²) in [6, 6.07) is 7.50. The molecule has 0 saturated carbocycles. The summed E-state index contributed by atoms with van der Waals surface area (Å²) >= 11 is 0. The predicted molar refractivity (Wildman–Crippen MR) is 81.3 cm³/mol. The van der Waals surface area contributed by atoms with Crippen LogP contribution in [0.15, 0.2) is 30.5 Å². The molecule has 21 heavy (non-hydrogen) atoms. The van der Waals surface area contributed by atoms with Gasteiger partial charge in [-0.1, -0.05) is 6.07 Å². The number of fused-ring (bicyclic) bond motifs is 1. The van der Waals surface area contributed by atoms with Crippen molar-refractivity contribution in [2.75, 3.05) is 6.54 Å². The van der Waals surface area contributed by atoms with E-state index in [0.717, 1.165) is 10.9 Å². The van der Waals surface area contributed by atoms with Crippen molar-refractivity contribution in [1.82, 2.24) is 9.88 Å².